The molecule has 1 unspecified atom stereocenters. The summed E-state index contributed by atoms with van der Waals surface area (Å²) in [4.78, 5) is 10.5. The highest BCUT2D eigenvalue weighted by Crippen LogP contribution is 2.40. The van der Waals surface area contributed by atoms with Crippen LogP contribution in [0, 0.1) is 11.7 Å². The summed E-state index contributed by atoms with van der Waals surface area (Å²) in [6, 6.07) is 6.31. The minimum absolute atomic E-state index is 0.219. The molecule has 0 radical (unpaired) electrons. The molecule has 1 aliphatic carbocycles. The zero-order valence-electron chi connectivity index (χ0n) is 10.2. The van der Waals surface area contributed by atoms with Gasteiger partial charge in [-0.1, -0.05) is 12.1 Å². The smallest absolute Gasteiger partial charge is 0.312 e. The van der Waals surface area contributed by atoms with Crippen molar-refractivity contribution in [3.63, 3.8) is 0 Å². The summed E-state index contributed by atoms with van der Waals surface area (Å²) in [6.45, 7) is 1.15. The summed E-state index contributed by atoms with van der Waals surface area (Å²) in [5.41, 5.74) is 6.09. The van der Waals surface area contributed by atoms with Crippen molar-refractivity contribution in [3.05, 3.63) is 35.6 Å². The van der Waals surface area contributed by atoms with Crippen LogP contribution in [-0.4, -0.2) is 19.1 Å². The molecular formula is C13H18FN3O. The summed E-state index contributed by atoms with van der Waals surface area (Å²) < 4.78 is 12.9. The van der Waals surface area contributed by atoms with E-state index in [0.717, 1.165) is 5.56 Å². The molecule has 98 valence electrons. The van der Waals surface area contributed by atoms with E-state index in [4.69, 9.17) is 5.73 Å². The van der Waals surface area contributed by atoms with Gasteiger partial charge in [-0.2, -0.15) is 0 Å². The maximum atomic E-state index is 12.9. The number of halogens is 1. The number of urea groups is 1. The number of nitrogens with two attached hydrogens (primary N) is 1. The van der Waals surface area contributed by atoms with Crippen LogP contribution in [-0.2, 0) is 0 Å². The molecule has 1 saturated carbocycles. The molecule has 5 heteroatoms. The SMILES string of the molecule is NC(=O)NCCNC(c1ccc(F)cc1)C1CC1. The van der Waals surface area contributed by atoms with Gasteiger partial charge in [-0.15, -0.1) is 0 Å². The molecule has 0 heterocycles. The van der Waals surface area contributed by atoms with Gasteiger partial charge in [0.05, 0.1) is 0 Å². The van der Waals surface area contributed by atoms with Crippen molar-refractivity contribution >= 4 is 6.03 Å². The first-order chi connectivity index (χ1) is 8.66. The zero-order chi connectivity index (χ0) is 13.0. The Hall–Kier alpha value is -1.62. The Bertz CT molecular complexity index is 403. The van der Waals surface area contributed by atoms with Gasteiger partial charge < -0.3 is 16.4 Å². The Morgan fingerprint density at radius 3 is 2.56 bits per heavy atom. The van der Waals surface area contributed by atoms with Crippen molar-refractivity contribution in [1.29, 1.82) is 0 Å². The third kappa shape index (κ3) is 3.70. The summed E-state index contributed by atoms with van der Waals surface area (Å²) in [5.74, 6) is 0.396. The molecule has 18 heavy (non-hydrogen) atoms. The van der Waals surface area contributed by atoms with E-state index in [0.29, 0.717) is 19.0 Å². The average molecular weight is 251 g/mol. The van der Waals surface area contributed by atoms with Crippen LogP contribution < -0.4 is 16.4 Å². The van der Waals surface area contributed by atoms with Crippen molar-refractivity contribution < 1.29 is 9.18 Å². The first kappa shape index (κ1) is 12.8. The molecule has 1 atom stereocenters. The molecule has 0 saturated heterocycles. The largest absolute Gasteiger partial charge is 0.352 e. The van der Waals surface area contributed by atoms with Crippen molar-refractivity contribution in [2.45, 2.75) is 18.9 Å². The third-order valence-corrected chi connectivity index (χ3v) is 3.11. The number of hydrogen-bond donors (Lipinski definition) is 3. The van der Waals surface area contributed by atoms with Gasteiger partial charge >= 0.3 is 6.03 Å². The maximum absolute atomic E-state index is 12.9. The monoisotopic (exact) mass is 251 g/mol. The van der Waals surface area contributed by atoms with Crippen LogP contribution in [0.15, 0.2) is 24.3 Å². The van der Waals surface area contributed by atoms with Crippen LogP contribution >= 0.6 is 0 Å². The zero-order valence-corrected chi connectivity index (χ0v) is 10.2. The lowest BCUT2D eigenvalue weighted by Crippen LogP contribution is -2.36. The molecule has 2 rings (SSSR count). The maximum Gasteiger partial charge on any atom is 0.312 e. The van der Waals surface area contributed by atoms with Gasteiger partial charge in [0.25, 0.3) is 0 Å². The number of benzene rings is 1. The van der Waals surface area contributed by atoms with Crippen LogP contribution in [0.2, 0.25) is 0 Å². The second kappa shape index (κ2) is 5.82. The van der Waals surface area contributed by atoms with E-state index < -0.39 is 6.03 Å². The first-order valence-corrected chi connectivity index (χ1v) is 6.19. The summed E-state index contributed by atoms with van der Waals surface area (Å²) in [6.07, 6.45) is 2.39. The van der Waals surface area contributed by atoms with Gasteiger partial charge in [-0.3, -0.25) is 0 Å². The van der Waals surface area contributed by atoms with Crippen molar-refractivity contribution in [3.8, 4) is 0 Å². The third-order valence-electron chi connectivity index (χ3n) is 3.11. The number of amides is 2. The lowest BCUT2D eigenvalue weighted by Gasteiger charge is -2.18. The molecular weight excluding hydrogens is 233 g/mol. The van der Waals surface area contributed by atoms with E-state index in [2.05, 4.69) is 10.6 Å². The fourth-order valence-corrected chi connectivity index (χ4v) is 2.07. The minimum Gasteiger partial charge on any atom is -0.352 e. The average Bonchev–Trinajstić information content (AvgIpc) is 3.15. The van der Waals surface area contributed by atoms with Crippen molar-refractivity contribution in [2.75, 3.05) is 13.1 Å². The molecule has 0 aromatic heterocycles. The Morgan fingerprint density at radius 1 is 1.33 bits per heavy atom. The predicted octanol–water partition coefficient (Wildman–Crippen LogP) is 1.53. The summed E-state index contributed by atoms with van der Waals surface area (Å²) >= 11 is 0. The fourth-order valence-electron chi connectivity index (χ4n) is 2.07. The van der Waals surface area contributed by atoms with E-state index in [1.165, 1.54) is 25.0 Å². The highest BCUT2D eigenvalue weighted by Gasteiger charge is 2.31. The lowest BCUT2D eigenvalue weighted by atomic mass is 10.0. The Balaban J connectivity index is 1.88. The van der Waals surface area contributed by atoms with Gasteiger partial charge in [0.15, 0.2) is 0 Å². The van der Waals surface area contributed by atoms with Crippen LogP contribution in [0.5, 0.6) is 0 Å². The first-order valence-electron chi connectivity index (χ1n) is 6.19. The minimum atomic E-state index is -0.512. The van der Waals surface area contributed by atoms with Crippen molar-refractivity contribution in [1.82, 2.24) is 10.6 Å². The predicted molar refractivity (Wildman–Crippen MR) is 67.5 cm³/mol. The highest BCUT2D eigenvalue weighted by molar-refractivity contribution is 5.71. The molecule has 1 aromatic rings. The molecule has 0 spiro atoms. The molecule has 2 amide bonds. The Labute approximate surface area is 106 Å². The van der Waals surface area contributed by atoms with E-state index in [1.54, 1.807) is 0 Å². The molecule has 0 aliphatic heterocycles. The number of carbonyl (C=O) groups is 1. The van der Waals surface area contributed by atoms with Gasteiger partial charge in [-0.05, 0) is 36.5 Å². The van der Waals surface area contributed by atoms with Crippen LogP contribution in [0.3, 0.4) is 0 Å². The number of rotatable bonds is 6. The lowest BCUT2D eigenvalue weighted by molar-refractivity contribution is 0.248. The van der Waals surface area contributed by atoms with Crippen LogP contribution in [0.25, 0.3) is 0 Å². The fraction of sp³-hybridized carbons (Fsp3) is 0.462. The molecule has 1 aliphatic rings. The van der Waals surface area contributed by atoms with E-state index in [9.17, 15) is 9.18 Å². The standard InChI is InChI=1S/C13H18FN3O/c14-11-5-3-10(4-6-11)12(9-1-2-9)16-7-8-17-13(15)18/h3-6,9,12,16H,1-2,7-8H2,(H3,15,17,18). The number of primary amides is 1. The molecule has 0 bridgehead atoms. The number of nitrogens with one attached hydrogen (secondary N) is 2. The van der Waals surface area contributed by atoms with Gasteiger partial charge in [-0.25, -0.2) is 9.18 Å². The Morgan fingerprint density at radius 2 is 2.00 bits per heavy atom. The van der Waals surface area contributed by atoms with E-state index in [1.807, 2.05) is 12.1 Å². The molecule has 4 nitrogen and oxygen atoms in total. The quantitative estimate of drug-likeness (QED) is 0.671. The van der Waals surface area contributed by atoms with Gasteiger partial charge in [0.2, 0.25) is 0 Å². The number of carbonyl (C=O) groups excluding carboxylic acids is 1. The second-order valence-corrected chi connectivity index (χ2v) is 4.61. The molecule has 1 fully saturated rings. The summed E-state index contributed by atoms with van der Waals surface area (Å²) in [5, 5.41) is 5.92. The van der Waals surface area contributed by atoms with E-state index in [-0.39, 0.29) is 11.9 Å². The van der Waals surface area contributed by atoms with Crippen molar-refractivity contribution in [2.24, 2.45) is 11.7 Å². The Kier molecular flexibility index (Phi) is 4.15. The number of hydrogen-bond acceptors (Lipinski definition) is 2. The molecule has 1 aromatic carbocycles. The second-order valence-electron chi connectivity index (χ2n) is 4.61. The summed E-state index contributed by atoms with van der Waals surface area (Å²) in [7, 11) is 0. The van der Waals surface area contributed by atoms with Crippen LogP contribution in [0.1, 0.15) is 24.4 Å². The molecule has 4 N–H and O–H groups in total. The topological polar surface area (TPSA) is 67.2 Å². The highest BCUT2D eigenvalue weighted by atomic mass is 19.1. The van der Waals surface area contributed by atoms with Gasteiger partial charge in [0.1, 0.15) is 5.82 Å². The normalized spacial score (nSPS) is 16.3. The van der Waals surface area contributed by atoms with E-state index >= 15 is 0 Å². The van der Waals surface area contributed by atoms with Gasteiger partial charge in [0, 0.05) is 19.1 Å². The van der Waals surface area contributed by atoms with Crippen LogP contribution in [0.4, 0.5) is 9.18 Å².